The lowest BCUT2D eigenvalue weighted by molar-refractivity contribution is 0.442. The Morgan fingerprint density at radius 3 is 1.31 bits per heavy atom. The predicted octanol–water partition coefficient (Wildman–Crippen LogP) is 24.3. The van der Waals surface area contributed by atoms with Gasteiger partial charge in [-0.3, -0.25) is 0 Å². The van der Waals surface area contributed by atoms with E-state index in [-0.39, 0.29) is 0 Å². The SMILES string of the molecule is c1ccc(N(c2ccc3c4c(c5ccccc5c3c2)-c2cc(N(c3ccccc3)c3cccc5c3oc3c(C6CCCCC6)cccc35)c3ccccc3c2C42c3ccccc3-c3ccccc32)c2cccc3c2oc2c(C4CCCCC4)cccc23)cc1. The van der Waals surface area contributed by atoms with Gasteiger partial charge in [-0.15, -0.1) is 0 Å². The molecule has 4 aliphatic rings. The van der Waals surface area contributed by atoms with E-state index in [4.69, 9.17) is 8.83 Å². The van der Waals surface area contributed by atoms with Crippen LogP contribution in [0.15, 0.2) is 264 Å². The molecule has 426 valence electrons. The van der Waals surface area contributed by atoms with Gasteiger partial charge in [0.05, 0.1) is 22.5 Å². The highest BCUT2D eigenvalue weighted by molar-refractivity contribution is 6.24. The van der Waals surface area contributed by atoms with Crippen LogP contribution < -0.4 is 9.80 Å². The van der Waals surface area contributed by atoms with Crippen LogP contribution in [0, 0.1) is 0 Å². The zero-order valence-corrected chi connectivity index (χ0v) is 49.7. The standard InChI is InChI=1S/C85H64N2O2/c1-5-25-53(26-6-1)58-39-21-41-67-69-43-23-47-75(83(69)88-81(58)67)86(55-29-9-3-10-30-55)57-49-50-66-71(51-57)60-33-13-15-37-64(60)78-72-52-77(63-36-14-16-38-65(63)79(72)85(80(66)78)73-45-19-17-34-61(73)62-35-18-20-46-74(62)85)87(56-31-11-4-12-32-56)76-48-24-44-70-68-42-22-40-59(82(68)89-84(70)76)54-27-7-2-8-28-54/h3-4,9-24,29-54H,1-2,5-8,25-28H2. The molecule has 0 saturated heterocycles. The predicted molar refractivity (Wildman–Crippen MR) is 371 cm³/mol. The number of rotatable bonds is 8. The van der Waals surface area contributed by atoms with Crippen LogP contribution in [0.3, 0.4) is 0 Å². The minimum Gasteiger partial charge on any atom is -0.454 e. The maximum atomic E-state index is 7.41. The molecule has 0 atom stereocenters. The van der Waals surface area contributed by atoms with E-state index in [2.05, 4.69) is 265 Å². The largest absolute Gasteiger partial charge is 0.454 e. The highest BCUT2D eigenvalue weighted by Gasteiger charge is 2.54. The van der Waals surface area contributed by atoms with Gasteiger partial charge in [0.25, 0.3) is 0 Å². The first-order valence-electron chi connectivity index (χ1n) is 32.5. The van der Waals surface area contributed by atoms with Gasteiger partial charge in [-0.05, 0) is 175 Å². The minimum absolute atomic E-state index is 0.498. The van der Waals surface area contributed by atoms with Crippen molar-refractivity contribution in [3.8, 4) is 22.3 Å². The molecule has 0 amide bonds. The lowest BCUT2D eigenvalue weighted by Gasteiger charge is -2.34. The van der Waals surface area contributed by atoms with Crippen molar-refractivity contribution in [1.82, 2.24) is 0 Å². The highest BCUT2D eigenvalue weighted by atomic mass is 16.3. The Hall–Kier alpha value is -10.2. The van der Waals surface area contributed by atoms with E-state index in [9.17, 15) is 0 Å². The topological polar surface area (TPSA) is 32.8 Å². The molecule has 4 heteroatoms. The molecule has 19 rings (SSSR count). The van der Waals surface area contributed by atoms with E-state index in [1.165, 1.54) is 163 Å². The van der Waals surface area contributed by atoms with Crippen molar-refractivity contribution in [1.29, 1.82) is 0 Å². The Morgan fingerprint density at radius 2 is 0.730 bits per heavy atom. The molecule has 0 unspecified atom stereocenters. The zero-order valence-electron chi connectivity index (χ0n) is 49.7. The van der Waals surface area contributed by atoms with Gasteiger partial charge in [0.2, 0.25) is 0 Å². The summed E-state index contributed by atoms with van der Waals surface area (Å²) in [5, 5.41) is 12.0. The molecule has 0 N–H and O–H groups in total. The van der Waals surface area contributed by atoms with Gasteiger partial charge in [-0.1, -0.05) is 239 Å². The quantitative estimate of drug-likeness (QED) is 0.142. The maximum absolute atomic E-state index is 7.41. The molecule has 4 nitrogen and oxygen atoms in total. The van der Waals surface area contributed by atoms with Gasteiger partial charge >= 0.3 is 0 Å². The average molecular weight is 1150 g/mol. The molecule has 89 heavy (non-hydrogen) atoms. The summed E-state index contributed by atoms with van der Waals surface area (Å²) >= 11 is 0. The third-order valence-corrected chi connectivity index (χ3v) is 21.2. The first-order chi connectivity index (χ1) is 44.2. The molecule has 1 spiro atoms. The van der Waals surface area contributed by atoms with E-state index in [0.717, 1.165) is 67.2 Å². The second-order valence-corrected chi connectivity index (χ2v) is 25.7. The molecule has 0 radical (unpaired) electrons. The molecule has 2 saturated carbocycles. The molecular formula is C85H64N2O2. The lowest BCUT2D eigenvalue weighted by Crippen LogP contribution is -2.26. The molecule has 13 aromatic carbocycles. The van der Waals surface area contributed by atoms with Crippen molar-refractivity contribution in [2.45, 2.75) is 81.5 Å². The van der Waals surface area contributed by atoms with Crippen molar-refractivity contribution in [2.75, 3.05) is 9.80 Å². The Labute approximate surface area is 517 Å². The molecule has 4 aliphatic carbocycles. The second-order valence-electron chi connectivity index (χ2n) is 25.7. The summed E-state index contributed by atoms with van der Waals surface area (Å²) in [5.41, 5.74) is 22.7. The molecular weight excluding hydrogens is 1080 g/mol. The maximum Gasteiger partial charge on any atom is 0.159 e. The Morgan fingerprint density at radius 1 is 0.281 bits per heavy atom. The first-order valence-corrected chi connectivity index (χ1v) is 32.5. The Balaban J connectivity index is 0.895. The molecule has 2 aromatic heterocycles. The Kier molecular flexibility index (Phi) is 11.4. The lowest BCUT2D eigenvalue weighted by atomic mass is 9.68. The number of para-hydroxylation sites is 6. The summed E-state index contributed by atoms with van der Waals surface area (Å²) in [6.45, 7) is 0. The van der Waals surface area contributed by atoms with Crippen LogP contribution in [-0.2, 0) is 5.41 Å². The Bertz CT molecular complexity index is 5320. The number of furan rings is 2. The van der Waals surface area contributed by atoms with Crippen LogP contribution in [0.5, 0.6) is 0 Å². The number of benzene rings is 13. The smallest absolute Gasteiger partial charge is 0.159 e. The second kappa shape index (κ2) is 19.9. The monoisotopic (exact) mass is 1140 g/mol. The number of nitrogens with zero attached hydrogens (tertiary/aromatic N) is 2. The van der Waals surface area contributed by atoms with Gasteiger partial charge in [-0.25, -0.2) is 0 Å². The van der Waals surface area contributed by atoms with Crippen molar-refractivity contribution >= 4 is 110 Å². The third kappa shape index (κ3) is 7.35. The fourth-order valence-electron chi connectivity index (χ4n) is 17.5. The van der Waals surface area contributed by atoms with Crippen LogP contribution in [0.4, 0.5) is 34.1 Å². The molecule has 0 bridgehead atoms. The molecule has 2 fully saturated rings. The van der Waals surface area contributed by atoms with Gasteiger partial charge < -0.3 is 18.6 Å². The summed E-state index contributed by atoms with van der Waals surface area (Å²) in [4.78, 5) is 4.94. The fourth-order valence-corrected chi connectivity index (χ4v) is 17.5. The van der Waals surface area contributed by atoms with Crippen molar-refractivity contribution in [3.05, 3.63) is 288 Å². The zero-order chi connectivity index (χ0) is 58.3. The van der Waals surface area contributed by atoms with Gasteiger partial charge in [0.15, 0.2) is 11.2 Å². The molecule has 0 aliphatic heterocycles. The van der Waals surface area contributed by atoms with E-state index in [0.29, 0.717) is 11.8 Å². The summed E-state index contributed by atoms with van der Waals surface area (Å²) < 4.78 is 14.7. The van der Waals surface area contributed by atoms with Crippen LogP contribution >= 0.6 is 0 Å². The first kappa shape index (κ1) is 50.9. The number of hydrogen-bond donors (Lipinski definition) is 0. The van der Waals surface area contributed by atoms with Crippen LogP contribution in [0.25, 0.3) is 98.4 Å². The van der Waals surface area contributed by atoms with Crippen LogP contribution in [0.1, 0.15) is 109 Å². The summed E-state index contributed by atoms with van der Waals surface area (Å²) in [7, 11) is 0. The minimum atomic E-state index is -0.694. The van der Waals surface area contributed by atoms with Crippen LogP contribution in [0.2, 0.25) is 0 Å². The number of hydrogen-bond acceptors (Lipinski definition) is 4. The number of anilines is 6. The van der Waals surface area contributed by atoms with Gasteiger partial charge in [-0.2, -0.15) is 0 Å². The summed E-state index contributed by atoms with van der Waals surface area (Å²) in [6, 6.07) is 96.1. The van der Waals surface area contributed by atoms with Crippen molar-refractivity contribution < 1.29 is 8.83 Å². The van der Waals surface area contributed by atoms with Crippen molar-refractivity contribution in [2.24, 2.45) is 0 Å². The third-order valence-electron chi connectivity index (χ3n) is 21.2. The van der Waals surface area contributed by atoms with E-state index >= 15 is 0 Å². The molecule has 2 heterocycles. The highest BCUT2D eigenvalue weighted by Crippen LogP contribution is 2.68. The van der Waals surface area contributed by atoms with Gasteiger partial charge in [0, 0.05) is 44.0 Å². The average Bonchev–Trinajstić information content (AvgIpc) is 1.50. The van der Waals surface area contributed by atoms with E-state index in [1.807, 2.05) is 0 Å². The van der Waals surface area contributed by atoms with Crippen LogP contribution in [-0.4, -0.2) is 0 Å². The van der Waals surface area contributed by atoms with E-state index in [1.54, 1.807) is 0 Å². The molecule has 15 aromatic rings. The number of fused-ring (bicyclic) bond motifs is 23. The summed E-state index contributed by atoms with van der Waals surface area (Å²) in [5.74, 6) is 1.01. The summed E-state index contributed by atoms with van der Waals surface area (Å²) in [6.07, 6.45) is 12.5. The van der Waals surface area contributed by atoms with Gasteiger partial charge in [0.1, 0.15) is 11.2 Å². The van der Waals surface area contributed by atoms with E-state index < -0.39 is 5.41 Å². The fraction of sp³-hybridized carbons (Fsp3) is 0.153. The normalized spacial score (nSPS) is 15.4. The van der Waals surface area contributed by atoms with Crippen molar-refractivity contribution in [3.63, 3.8) is 0 Å².